The topological polar surface area (TPSA) is 37.8 Å². The fourth-order valence-electron chi connectivity index (χ4n) is 1.61. The summed E-state index contributed by atoms with van der Waals surface area (Å²) in [6.07, 6.45) is 6.90. The SMILES string of the molecule is C=C(C)CCC(NCCC)c1ncc(C)cn1. The molecule has 0 fully saturated rings. The van der Waals surface area contributed by atoms with Gasteiger partial charge in [0.05, 0.1) is 6.04 Å². The van der Waals surface area contributed by atoms with Crippen LogP contribution in [0.4, 0.5) is 0 Å². The van der Waals surface area contributed by atoms with E-state index >= 15 is 0 Å². The highest BCUT2D eigenvalue weighted by Crippen LogP contribution is 2.17. The Labute approximate surface area is 104 Å². The van der Waals surface area contributed by atoms with E-state index in [2.05, 4.69) is 35.7 Å². The Kier molecular flexibility index (Phi) is 5.84. The number of aromatic nitrogens is 2. The molecule has 0 saturated heterocycles. The molecule has 1 rings (SSSR count). The van der Waals surface area contributed by atoms with E-state index in [1.807, 2.05) is 19.3 Å². The number of nitrogens with zero attached hydrogens (tertiary/aromatic N) is 2. The summed E-state index contributed by atoms with van der Waals surface area (Å²) in [6, 6.07) is 0.243. The van der Waals surface area contributed by atoms with E-state index in [9.17, 15) is 0 Å². The average molecular weight is 233 g/mol. The largest absolute Gasteiger partial charge is 0.307 e. The lowest BCUT2D eigenvalue weighted by Crippen LogP contribution is -2.24. The highest BCUT2D eigenvalue weighted by atomic mass is 15.0. The van der Waals surface area contributed by atoms with Gasteiger partial charge in [0, 0.05) is 12.4 Å². The molecule has 1 unspecified atom stereocenters. The quantitative estimate of drug-likeness (QED) is 0.735. The van der Waals surface area contributed by atoms with Crippen molar-refractivity contribution < 1.29 is 0 Å². The Hall–Kier alpha value is -1.22. The molecule has 3 heteroatoms. The van der Waals surface area contributed by atoms with Gasteiger partial charge in [-0.2, -0.15) is 0 Å². The van der Waals surface area contributed by atoms with E-state index in [0.717, 1.165) is 37.2 Å². The van der Waals surface area contributed by atoms with Crippen LogP contribution in [0.5, 0.6) is 0 Å². The van der Waals surface area contributed by atoms with Gasteiger partial charge >= 0.3 is 0 Å². The molecule has 0 radical (unpaired) electrons. The fraction of sp³-hybridized carbons (Fsp3) is 0.571. The highest BCUT2D eigenvalue weighted by molar-refractivity contribution is 5.05. The average Bonchev–Trinajstić information content (AvgIpc) is 2.30. The van der Waals surface area contributed by atoms with Gasteiger partial charge < -0.3 is 5.32 Å². The summed E-state index contributed by atoms with van der Waals surface area (Å²) >= 11 is 0. The molecule has 0 aliphatic heterocycles. The normalized spacial score (nSPS) is 12.4. The number of rotatable bonds is 7. The molecule has 0 aliphatic rings. The van der Waals surface area contributed by atoms with Crippen molar-refractivity contribution in [3.8, 4) is 0 Å². The van der Waals surface area contributed by atoms with Crippen molar-refractivity contribution in [1.29, 1.82) is 0 Å². The number of aryl methyl sites for hydroxylation is 1. The van der Waals surface area contributed by atoms with Gasteiger partial charge in [0.2, 0.25) is 0 Å². The number of hydrogen-bond acceptors (Lipinski definition) is 3. The van der Waals surface area contributed by atoms with Gasteiger partial charge in [-0.3, -0.25) is 0 Å². The van der Waals surface area contributed by atoms with Crippen LogP contribution in [0.1, 0.15) is 50.5 Å². The van der Waals surface area contributed by atoms with Crippen LogP contribution in [0.3, 0.4) is 0 Å². The van der Waals surface area contributed by atoms with Crippen molar-refractivity contribution in [1.82, 2.24) is 15.3 Å². The summed E-state index contributed by atoms with van der Waals surface area (Å²) in [6.45, 7) is 11.2. The summed E-state index contributed by atoms with van der Waals surface area (Å²) in [5.74, 6) is 0.894. The lowest BCUT2D eigenvalue weighted by Gasteiger charge is -2.17. The van der Waals surface area contributed by atoms with Gasteiger partial charge in [-0.25, -0.2) is 9.97 Å². The van der Waals surface area contributed by atoms with Crippen molar-refractivity contribution in [2.75, 3.05) is 6.54 Å². The maximum atomic E-state index is 4.41. The molecule has 0 saturated carbocycles. The first-order chi connectivity index (χ1) is 8.13. The minimum Gasteiger partial charge on any atom is -0.307 e. The number of allylic oxidation sites excluding steroid dienone is 1. The van der Waals surface area contributed by atoms with Crippen LogP contribution < -0.4 is 5.32 Å². The summed E-state index contributed by atoms with van der Waals surface area (Å²) in [7, 11) is 0. The van der Waals surface area contributed by atoms with Gasteiger partial charge in [0.1, 0.15) is 5.82 Å². The van der Waals surface area contributed by atoms with Gasteiger partial charge in [0.15, 0.2) is 0 Å². The van der Waals surface area contributed by atoms with Crippen molar-refractivity contribution in [3.05, 3.63) is 35.9 Å². The Morgan fingerprint density at radius 1 is 1.41 bits per heavy atom. The maximum Gasteiger partial charge on any atom is 0.145 e. The first kappa shape index (κ1) is 13.8. The summed E-state index contributed by atoms with van der Waals surface area (Å²) in [5.41, 5.74) is 2.31. The Morgan fingerprint density at radius 2 is 2.06 bits per heavy atom. The first-order valence-corrected chi connectivity index (χ1v) is 6.29. The van der Waals surface area contributed by atoms with E-state index in [4.69, 9.17) is 0 Å². The predicted molar refractivity (Wildman–Crippen MR) is 71.9 cm³/mol. The minimum atomic E-state index is 0.243. The van der Waals surface area contributed by atoms with Gasteiger partial charge in [0.25, 0.3) is 0 Å². The molecule has 0 aromatic carbocycles. The molecule has 3 nitrogen and oxygen atoms in total. The molecule has 94 valence electrons. The second kappa shape index (κ2) is 7.17. The van der Waals surface area contributed by atoms with Crippen molar-refractivity contribution in [2.24, 2.45) is 0 Å². The van der Waals surface area contributed by atoms with E-state index < -0.39 is 0 Å². The molecular formula is C14H23N3. The third kappa shape index (κ3) is 5.09. The zero-order valence-electron chi connectivity index (χ0n) is 11.2. The minimum absolute atomic E-state index is 0.243. The summed E-state index contributed by atoms with van der Waals surface area (Å²) in [4.78, 5) is 8.81. The Bertz CT molecular complexity index is 343. The van der Waals surface area contributed by atoms with Crippen LogP contribution in [-0.2, 0) is 0 Å². The van der Waals surface area contributed by atoms with E-state index in [1.165, 1.54) is 5.57 Å². The van der Waals surface area contributed by atoms with Gasteiger partial charge in [-0.1, -0.05) is 12.5 Å². The first-order valence-electron chi connectivity index (χ1n) is 6.29. The molecule has 1 atom stereocenters. The Balaban J connectivity index is 2.67. The van der Waals surface area contributed by atoms with Crippen LogP contribution in [0.15, 0.2) is 24.5 Å². The van der Waals surface area contributed by atoms with E-state index in [-0.39, 0.29) is 6.04 Å². The molecule has 1 N–H and O–H groups in total. The monoisotopic (exact) mass is 233 g/mol. The van der Waals surface area contributed by atoms with Crippen LogP contribution in [-0.4, -0.2) is 16.5 Å². The number of hydrogen-bond donors (Lipinski definition) is 1. The lowest BCUT2D eigenvalue weighted by atomic mass is 10.1. The van der Waals surface area contributed by atoms with Gasteiger partial charge in [-0.05, 0) is 45.2 Å². The highest BCUT2D eigenvalue weighted by Gasteiger charge is 2.12. The number of nitrogens with one attached hydrogen (secondary N) is 1. The van der Waals surface area contributed by atoms with Crippen LogP contribution >= 0.6 is 0 Å². The smallest absolute Gasteiger partial charge is 0.145 e. The van der Waals surface area contributed by atoms with Crippen LogP contribution in [0.2, 0.25) is 0 Å². The third-order valence-electron chi connectivity index (χ3n) is 2.61. The molecule has 1 aromatic heterocycles. The zero-order chi connectivity index (χ0) is 12.7. The van der Waals surface area contributed by atoms with Crippen LogP contribution in [0, 0.1) is 6.92 Å². The van der Waals surface area contributed by atoms with Gasteiger partial charge in [-0.15, -0.1) is 6.58 Å². The van der Waals surface area contributed by atoms with Crippen LogP contribution in [0.25, 0.3) is 0 Å². The Morgan fingerprint density at radius 3 is 2.59 bits per heavy atom. The zero-order valence-corrected chi connectivity index (χ0v) is 11.2. The van der Waals surface area contributed by atoms with Crippen molar-refractivity contribution in [2.45, 2.75) is 46.1 Å². The van der Waals surface area contributed by atoms with E-state index in [0.29, 0.717) is 0 Å². The molecule has 0 bridgehead atoms. The van der Waals surface area contributed by atoms with E-state index in [1.54, 1.807) is 0 Å². The predicted octanol–water partition coefficient (Wildman–Crippen LogP) is 3.18. The van der Waals surface area contributed by atoms with Crippen molar-refractivity contribution >= 4 is 0 Å². The van der Waals surface area contributed by atoms with Crippen molar-refractivity contribution in [3.63, 3.8) is 0 Å². The third-order valence-corrected chi connectivity index (χ3v) is 2.61. The second-order valence-electron chi connectivity index (χ2n) is 4.62. The maximum absolute atomic E-state index is 4.41. The molecule has 17 heavy (non-hydrogen) atoms. The molecule has 1 heterocycles. The second-order valence-corrected chi connectivity index (χ2v) is 4.62. The molecule has 1 aromatic rings. The summed E-state index contributed by atoms with van der Waals surface area (Å²) < 4.78 is 0. The molecular weight excluding hydrogens is 210 g/mol. The standard InChI is InChI=1S/C14H23N3/c1-5-8-15-13(7-6-11(2)3)14-16-9-12(4)10-17-14/h9-10,13,15H,2,5-8H2,1,3-4H3. The summed E-state index contributed by atoms with van der Waals surface area (Å²) in [5, 5.41) is 3.49. The molecule has 0 amide bonds. The fourth-order valence-corrected chi connectivity index (χ4v) is 1.61. The lowest BCUT2D eigenvalue weighted by molar-refractivity contribution is 0.476. The molecule has 0 aliphatic carbocycles. The molecule has 0 spiro atoms.